The first-order chi connectivity index (χ1) is 6.79. The molecular formula is C12H10O2. The zero-order chi connectivity index (χ0) is 9.97. The Hall–Kier alpha value is -1.83. The standard InChI is InChI=1S/C12H10O2/c1-9(8-13)6-11-7-10-4-2-3-5-12(10)14-11/h2-8H,1H3. The number of rotatable bonds is 2. The van der Waals surface area contributed by atoms with Gasteiger partial charge in [-0.25, -0.2) is 0 Å². The summed E-state index contributed by atoms with van der Waals surface area (Å²) in [4.78, 5) is 10.4. The van der Waals surface area contributed by atoms with Gasteiger partial charge in [0.1, 0.15) is 17.6 Å². The number of allylic oxidation sites excluding steroid dienone is 1. The summed E-state index contributed by atoms with van der Waals surface area (Å²) in [5.74, 6) is 0.718. The van der Waals surface area contributed by atoms with Crippen molar-refractivity contribution in [1.82, 2.24) is 0 Å². The van der Waals surface area contributed by atoms with Crippen LogP contribution >= 0.6 is 0 Å². The highest BCUT2D eigenvalue weighted by Crippen LogP contribution is 2.20. The highest BCUT2D eigenvalue weighted by molar-refractivity contribution is 5.84. The van der Waals surface area contributed by atoms with Gasteiger partial charge in [-0.2, -0.15) is 0 Å². The normalized spacial score (nSPS) is 11.9. The van der Waals surface area contributed by atoms with E-state index in [1.165, 1.54) is 0 Å². The minimum absolute atomic E-state index is 0.657. The van der Waals surface area contributed by atoms with Gasteiger partial charge in [-0.05, 0) is 30.7 Å². The van der Waals surface area contributed by atoms with Gasteiger partial charge in [-0.3, -0.25) is 4.79 Å². The highest BCUT2D eigenvalue weighted by atomic mass is 16.3. The molecule has 0 radical (unpaired) electrons. The van der Waals surface area contributed by atoms with E-state index in [9.17, 15) is 4.79 Å². The Kier molecular flexibility index (Phi) is 2.19. The van der Waals surface area contributed by atoms with Crippen LogP contribution in [0.25, 0.3) is 17.0 Å². The molecule has 1 aromatic carbocycles. The lowest BCUT2D eigenvalue weighted by atomic mass is 10.2. The van der Waals surface area contributed by atoms with Crippen LogP contribution in [0.5, 0.6) is 0 Å². The van der Waals surface area contributed by atoms with Crippen molar-refractivity contribution in [2.45, 2.75) is 6.92 Å². The van der Waals surface area contributed by atoms with Gasteiger partial charge in [0, 0.05) is 5.39 Å². The number of aldehydes is 1. The molecule has 0 amide bonds. The molecule has 0 aliphatic carbocycles. The molecule has 2 nitrogen and oxygen atoms in total. The van der Waals surface area contributed by atoms with Crippen LogP contribution in [0, 0.1) is 0 Å². The van der Waals surface area contributed by atoms with Crippen LogP contribution in [0.2, 0.25) is 0 Å². The van der Waals surface area contributed by atoms with Crippen molar-refractivity contribution in [3.8, 4) is 0 Å². The Balaban J connectivity index is 2.50. The van der Waals surface area contributed by atoms with E-state index in [2.05, 4.69) is 0 Å². The largest absolute Gasteiger partial charge is 0.457 e. The molecular weight excluding hydrogens is 176 g/mol. The van der Waals surface area contributed by atoms with E-state index in [0.29, 0.717) is 5.57 Å². The molecule has 0 spiro atoms. The minimum Gasteiger partial charge on any atom is -0.457 e. The molecule has 0 aliphatic rings. The first kappa shape index (κ1) is 8.75. The van der Waals surface area contributed by atoms with Gasteiger partial charge in [0.05, 0.1) is 0 Å². The van der Waals surface area contributed by atoms with Crippen LogP contribution in [0.15, 0.2) is 40.3 Å². The topological polar surface area (TPSA) is 30.2 Å². The average molecular weight is 186 g/mol. The van der Waals surface area contributed by atoms with Crippen molar-refractivity contribution in [2.75, 3.05) is 0 Å². The van der Waals surface area contributed by atoms with Crippen LogP contribution in [0.3, 0.4) is 0 Å². The van der Waals surface area contributed by atoms with E-state index >= 15 is 0 Å². The summed E-state index contributed by atoms with van der Waals surface area (Å²) in [7, 11) is 0. The van der Waals surface area contributed by atoms with Crippen LogP contribution in [0.4, 0.5) is 0 Å². The van der Waals surface area contributed by atoms with Crippen molar-refractivity contribution in [2.24, 2.45) is 0 Å². The number of furan rings is 1. The number of para-hydroxylation sites is 1. The number of carbonyl (C=O) groups is 1. The lowest BCUT2D eigenvalue weighted by Crippen LogP contribution is -1.73. The van der Waals surface area contributed by atoms with Crippen LogP contribution < -0.4 is 0 Å². The highest BCUT2D eigenvalue weighted by Gasteiger charge is 1.99. The van der Waals surface area contributed by atoms with E-state index in [0.717, 1.165) is 23.0 Å². The summed E-state index contributed by atoms with van der Waals surface area (Å²) in [6.45, 7) is 1.75. The number of hydrogen-bond donors (Lipinski definition) is 0. The lowest BCUT2D eigenvalue weighted by Gasteiger charge is -1.85. The van der Waals surface area contributed by atoms with Crippen molar-refractivity contribution < 1.29 is 9.21 Å². The first-order valence-electron chi connectivity index (χ1n) is 4.41. The maximum absolute atomic E-state index is 10.4. The van der Waals surface area contributed by atoms with Gasteiger partial charge in [-0.15, -0.1) is 0 Å². The summed E-state index contributed by atoms with van der Waals surface area (Å²) >= 11 is 0. The molecule has 0 N–H and O–H groups in total. The van der Waals surface area contributed by atoms with Crippen molar-refractivity contribution in [3.05, 3.63) is 41.7 Å². The molecule has 0 bridgehead atoms. The maximum atomic E-state index is 10.4. The average Bonchev–Trinajstić information content (AvgIpc) is 2.59. The fourth-order valence-corrected chi connectivity index (χ4v) is 1.33. The van der Waals surface area contributed by atoms with Crippen molar-refractivity contribution in [3.63, 3.8) is 0 Å². The Morgan fingerprint density at radius 2 is 2.14 bits per heavy atom. The number of benzene rings is 1. The third-order valence-electron chi connectivity index (χ3n) is 2.00. The fourth-order valence-electron chi connectivity index (χ4n) is 1.33. The maximum Gasteiger partial charge on any atom is 0.145 e. The third kappa shape index (κ3) is 1.59. The quantitative estimate of drug-likeness (QED) is 0.533. The Morgan fingerprint density at radius 1 is 1.36 bits per heavy atom. The van der Waals surface area contributed by atoms with Crippen LogP contribution in [-0.4, -0.2) is 6.29 Å². The summed E-state index contributed by atoms with van der Waals surface area (Å²) in [6.07, 6.45) is 2.54. The molecule has 1 heterocycles. The summed E-state index contributed by atoms with van der Waals surface area (Å²) in [6, 6.07) is 9.68. The van der Waals surface area contributed by atoms with E-state index < -0.39 is 0 Å². The predicted octanol–water partition coefficient (Wildman–Crippen LogP) is 3.04. The Morgan fingerprint density at radius 3 is 2.86 bits per heavy atom. The molecule has 2 aromatic rings. The van der Waals surface area contributed by atoms with Gasteiger partial charge in [0.15, 0.2) is 0 Å². The summed E-state index contributed by atoms with van der Waals surface area (Å²) < 4.78 is 5.51. The Labute approximate surface area is 81.8 Å². The second-order valence-corrected chi connectivity index (χ2v) is 3.19. The fraction of sp³-hybridized carbons (Fsp3) is 0.0833. The second kappa shape index (κ2) is 3.50. The van der Waals surface area contributed by atoms with E-state index in [4.69, 9.17) is 4.42 Å². The predicted molar refractivity (Wildman–Crippen MR) is 55.9 cm³/mol. The SMILES string of the molecule is CC(C=O)=Cc1cc2ccccc2o1. The minimum atomic E-state index is 0.657. The summed E-state index contributed by atoms with van der Waals surface area (Å²) in [5.41, 5.74) is 1.50. The van der Waals surface area contributed by atoms with E-state index in [1.54, 1.807) is 13.0 Å². The van der Waals surface area contributed by atoms with Gasteiger partial charge in [0.25, 0.3) is 0 Å². The monoisotopic (exact) mass is 186 g/mol. The van der Waals surface area contributed by atoms with E-state index in [1.807, 2.05) is 30.3 Å². The number of hydrogen-bond acceptors (Lipinski definition) is 2. The molecule has 0 atom stereocenters. The molecule has 2 heteroatoms. The van der Waals surface area contributed by atoms with Crippen LogP contribution in [-0.2, 0) is 4.79 Å². The second-order valence-electron chi connectivity index (χ2n) is 3.19. The molecule has 1 aromatic heterocycles. The molecule has 0 unspecified atom stereocenters. The molecule has 2 rings (SSSR count). The molecule has 14 heavy (non-hydrogen) atoms. The van der Waals surface area contributed by atoms with Gasteiger partial charge in [-0.1, -0.05) is 18.2 Å². The third-order valence-corrected chi connectivity index (χ3v) is 2.00. The zero-order valence-electron chi connectivity index (χ0n) is 7.86. The van der Waals surface area contributed by atoms with Gasteiger partial charge >= 0.3 is 0 Å². The van der Waals surface area contributed by atoms with Gasteiger partial charge < -0.3 is 4.42 Å². The number of fused-ring (bicyclic) bond motifs is 1. The first-order valence-corrected chi connectivity index (χ1v) is 4.41. The smallest absolute Gasteiger partial charge is 0.145 e. The molecule has 0 saturated carbocycles. The zero-order valence-corrected chi connectivity index (χ0v) is 7.86. The van der Waals surface area contributed by atoms with Crippen molar-refractivity contribution in [1.29, 1.82) is 0 Å². The Bertz CT molecular complexity index is 459. The molecule has 70 valence electrons. The summed E-state index contributed by atoms with van der Waals surface area (Å²) in [5, 5.41) is 1.05. The molecule has 0 saturated heterocycles. The number of carbonyl (C=O) groups excluding carboxylic acids is 1. The van der Waals surface area contributed by atoms with E-state index in [-0.39, 0.29) is 0 Å². The lowest BCUT2D eigenvalue weighted by molar-refractivity contribution is -0.104. The van der Waals surface area contributed by atoms with Crippen LogP contribution in [0.1, 0.15) is 12.7 Å². The molecule has 0 aliphatic heterocycles. The molecule has 0 fully saturated rings. The van der Waals surface area contributed by atoms with Gasteiger partial charge in [0.2, 0.25) is 0 Å². The van der Waals surface area contributed by atoms with Crippen molar-refractivity contribution >= 4 is 23.3 Å².